The number of benzene rings is 1. The molecule has 2 heterocycles. The van der Waals surface area contributed by atoms with Gasteiger partial charge in [0.2, 0.25) is 0 Å². The van der Waals surface area contributed by atoms with Crippen molar-refractivity contribution in [2.45, 2.75) is 20.0 Å². The number of hydrogen-bond donors (Lipinski definition) is 1. The third-order valence-electron chi connectivity index (χ3n) is 4.83. The van der Waals surface area contributed by atoms with E-state index in [0.29, 0.717) is 6.54 Å². The van der Waals surface area contributed by atoms with Crippen LogP contribution in [0.5, 0.6) is 11.5 Å². The molecule has 0 atom stereocenters. The minimum absolute atomic E-state index is 0.715. The van der Waals surface area contributed by atoms with E-state index < -0.39 is 0 Å². The highest BCUT2D eigenvalue weighted by Crippen LogP contribution is 2.25. The minimum atomic E-state index is 0.715. The fourth-order valence-corrected chi connectivity index (χ4v) is 4.06. The number of nitrogens with one attached hydrogen (secondary N) is 1. The summed E-state index contributed by atoms with van der Waals surface area (Å²) in [5.41, 5.74) is 1.15. The quantitative estimate of drug-likeness (QED) is 0.590. The molecule has 1 aromatic carbocycles. The lowest BCUT2D eigenvalue weighted by Gasteiger charge is -2.36. The average molecular weight is 404 g/mol. The number of rotatable bonds is 6. The molecule has 1 N–H and O–H groups in total. The second-order valence-corrected chi connectivity index (χ2v) is 8.03. The van der Waals surface area contributed by atoms with Gasteiger partial charge in [-0.2, -0.15) is 0 Å². The summed E-state index contributed by atoms with van der Waals surface area (Å²) in [6, 6.07) is 5.96. The summed E-state index contributed by atoms with van der Waals surface area (Å²) >= 11 is 1.72. The SMILES string of the molecule is CN=C(NCc1ncc(C)s1)N1CCN(Cc2cc(OC)ccc2OC)CC1. The number of piperazine rings is 1. The highest BCUT2D eigenvalue weighted by molar-refractivity contribution is 7.11. The van der Waals surface area contributed by atoms with Gasteiger partial charge < -0.3 is 19.7 Å². The fourth-order valence-electron chi connectivity index (χ4n) is 3.33. The van der Waals surface area contributed by atoms with E-state index in [4.69, 9.17) is 9.47 Å². The van der Waals surface area contributed by atoms with Crippen LogP contribution in [-0.2, 0) is 13.1 Å². The monoisotopic (exact) mass is 403 g/mol. The van der Waals surface area contributed by atoms with Crippen molar-refractivity contribution < 1.29 is 9.47 Å². The van der Waals surface area contributed by atoms with E-state index >= 15 is 0 Å². The van der Waals surface area contributed by atoms with Gasteiger partial charge in [0.05, 0.1) is 20.8 Å². The van der Waals surface area contributed by atoms with E-state index in [9.17, 15) is 0 Å². The molecule has 0 saturated carbocycles. The van der Waals surface area contributed by atoms with E-state index in [1.54, 1.807) is 25.6 Å². The van der Waals surface area contributed by atoms with Crippen LogP contribution in [-0.4, -0.2) is 68.2 Å². The molecular formula is C20H29N5O2S. The molecule has 152 valence electrons. The van der Waals surface area contributed by atoms with Crippen LogP contribution >= 0.6 is 11.3 Å². The number of methoxy groups -OCH3 is 2. The van der Waals surface area contributed by atoms with Crippen LogP contribution < -0.4 is 14.8 Å². The maximum atomic E-state index is 5.51. The van der Waals surface area contributed by atoms with Crippen LogP contribution in [0.4, 0.5) is 0 Å². The summed E-state index contributed by atoms with van der Waals surface area (Å²) in [5.74, 6) is 2.70. The molecule has 0 bridgehead atoms. The molecule has 1 fully saturated rings. The normalized spacial score (nSPS) is 15.6. The first-order valence-corrected chi connectivity index (χ1v) is 10.2. The highest BCUT2D eigenvalue weighted by atomic mass is 32.1. The summed E-state index contributed by atoms with van der Waals surface area (Å²) in [6.07, 6.45) is 1.91. The van der Waals surface area contributed by atoms with Gasteiger partial charge in [-0.25, -0.2) is 4.98 Å². The maximum Gasteiger partial charge on any atom is 0.194 e. The first-order valence-electron chi connectivity index (χ1n) is 9.43. The number of aryl methyl sites for hydroxylation is 1. The summed E-state index contributed by atoms with van der Waals surface area (Å²) in [5, 5.41) is 4.52. The number of aromatic nitrogens is 1. The predicted molar refractivity (Wildman–Crippen MR) is 113 cm³/mol. The van der Waals surface area contributed by atoms with Crippen LogP contribution in [0.25, 0.3) is 0 Å². The Bertz CT molecular complexity index is 800. The minimum Gasteiger partial charge on any atom is -0.497 e. The molecule has 1 saturated heterocycles. The Labute approximate surface area is 171 Å². The van der Waals surface area contributed by atoms with Crippen molar-refractivity contribution in [3.05, 3.63) is 39.8 Å². The Morgan fingerprint density at radius 2 is 2.00 bits per heavy atom. The molecule has 2 aromatic rings. The van der Waals surface area contributed by atoms with E-state index in [-0.39, 0.29) is 0 Å². The van der Waals surface area contributed by atoms with Gasteiger partial charge >= 0.3 is 0 Å². The van der Waals surface area contributed by atoms with Gasteiger partial charge in [-0.05, 0) is 25.1 Å². The third kappa shape index (κ3) is 5.14. The van der Waals surface area contributed by atoms with Gasteiger partial charge in [0.25, 0.3) is 0 Å². The molecule has 28 heavy (non-hydrogen) atoms. The van der Waals surface area contributed by atoms with Crippen molar-refractivity contribution in [1.29, 1.82) is 0 Å². The van der Waals surface area contributed by atoms with Crippen molar-refractivity contribution in [3.8, 4) is 11.5 Å². The van der Waals surface area contributed by atoms with E-state index in [1.165, 1.54) is 4.88 Å². The predicted octanol–water partition coefficient (Wildman–Crippen LogP) is 2.36. The average Bonchev–Trinajstić information content (AvgIpc) is 3.14. The van der Waals surface area contributed by atoms with Crippen LogP contribution in [0.1, 0.15) is 15.4 Å². The summed E-state index contributed by atoms with van der Waals surface area (Å²) < 4.78 is 10.9. The second-order valence-electron chi connectivity index (χ2n) is 6.71. The van der Waals surface area contributed by atoms with E-state index in [0.717, 1.165) is 60.8 Å². The zero-order valence-electron chi connectivity index (χ0n) is 17.1. The first kappa shape index (κ1) is 20.4. The van der Waals surface area contributed by atoms with Crippen LogP contribution in [0.3, 0.4) is 0 Å². The Morgan fingerprint density at radius 3 is 2.61 bits per heavy atom. The third-order valence-corrected chi connectivity index (χ3v) is 5.74. The van der Waals surface area contributed by atoms with Gasteiger partial charge in [0, 0.05) is 56.4 Å². The van der Waals surface area contributed by atoms with Gasteiger partial charge in [-0.1, -0.05) is 0 Å². The summed E-state index contributed by atoms with van der Waals surface area (Å²) in [6.45, 7) is 7.44. The molecule has 0 amide bonds. The zero-order valence-corrected chi connectivity index (χ0v) is 17.9. The molecular weight excluding hydrogens is 374 g/mol. The van der Waals surface area contributed by atoms with Crippen LogP contribution in [0.2, 0.25) is 0 Å². The highest BCUT2D eigenvalue weighted by Gasteiger charge is 2.21. The molecule has 7 nitrogen and oxygen atoms in total. The van der Waals surface area contributed by atoms with Gasteiger partial charge in [-0.3, -0.25) is 9.89 Å². The zero-order chi connectivity index (χ0) is 19.9. The number of ether oxygens (including phenoxy) is 2. The number of aliphatic imine (C=N–C) groups is 1. The van der Waals surface area contributed by atoms with Crippen molar-refractivity contribution in [3.63, 3.8) is 0 Å². The van der Waals surface area contributed by atoms with Crippen molar-refractivity contribution in [2.24, 2.45) is 4.99 Å². The maximum absolute atomic E-state index is 5.51. The van der Waals surface area contributed by atoms with Gasteiger partial charge in [0.1, 0.15) is 16.5 Å². The van der Waals surface area contributed by atoms with Crippen LogP contribution in [0.15, 0.2) is 29.4 Å². The Hall–Kier alpha value is -2.32. The molecule has 0 unspecified atom stereocenters. The van der Waals surface area contributed by atoms with Gasteiger partial charge in [-0.15, -0.1) is 11.3 Å². The Morgan fingerprint density at radius 1 is 1.21 bits per heavy atom. The molecule has 0 radical (unpaired) electrons. The van der Waals surface area contributed by atoms with E-state index in [2.05, 4.69) is 38.1 Å². The van der Waals surface area contributed by atoms with Crippen LogP contribution in [0, 0.1) is 6.92 Å². The molecule has 1 aliphatic heterocycles. The van der Waals surface area contributed by atoms with Crippen molar-refractivity contribution in [1.82, 2.24) is 20.1 Å². The van der Waals surface area contributed by atoms with Crippen molar-refractivity contribution >= 4 is 17.3 Å². The summed E-state index contributed by atoms with van der Waals surface area (Å²) in [7, 11) is 5.24. The Balaban J connectivity index is 1.53. The number of guanidine groups is 1. The number of hydrogen-bond acceptors (Lipinski definition) is 6. The lowest BCUT2D eigenvalue weighted by atomic mass is 10.1. The Kier molecular flexibility index (Phi) is 7.11. The first-order chi connectivity index (χ1) is 13.6. The number of thiazole rings is 1. The molecule has 0 spiro atoms. The lowest BCUT2D eigenvalue weighted by molar-refractivity contribution is 0.171. The standard InChI is InChI=1S/C20H29N5O2S/c1-15-12-22-19(28-15)13-23-20(21-2)25-9-7-24(8-10-25)14-16-11-17(26-3)5-6-18(16)27-4/h5-6,11-12H,7-10,13-14H2,1-4H3,(H,21,23). The molecule has 8 heteroatoms. The largest absolute Gasteiger partial charge is 0.497 e. The van der Waals surface area contributed by atoms with E-state index in [1.807, 2.05) is 25.4 Å². The smallest absolute Gasteiger partial charge is 0.194 e. The molecule has 1 aliphatic rings. The molecule has 3 rings (SSSR count). The molecule has 1 aromatic heterocycles. The molecule has 0 aliphatic carbocycles. The van der Waals surface area contributed by atoms with Gasteiger partial charge in [0.15, 0.2) is 5.96 Å². The fraction of sp³-hybridized carbons (Fsp3) is 0.500. The topological polar surface area (TPSA) is 62.2 Å². The summed E-state index contributed by atoms with van der Waals surface area (Å²) in [4.78, 5) is 14.8. The second kappa shape index (κ2) is 9.75. The lowest BCUT2D eigenvalue weighted by Crippen LogP contribution is -2.52. The number of nitrogens with zero attached hydrogens (tertiary/aromatic N) is 4. The van der Waals surface area contributed by atoms with Crippen molar-refractivity contribution in [2.75, 3.05) is 47.4 Å².